The lowest BCUT2D eigenvalue weighted by atomic mass is 9.90. The molecule has 0 bridgehead atoms. The molecule has 3 aromatic rings. The molecule has 2 aliphatic rings. The van der Waals surface area contributed by atoms with E-state index in [9.17, 15) is 9.59 Å². The lowest BCUT2D eigenvalue weighted by Crippen LogP contribution is -2.37. The van der Waals surface area contributed by atoms with Gasteiger partial charge in [-0.2, -0.15) is 0 Å². The molecule has 0 unspecified atom stereocenters. The molecule has 2 heterocycles. The number of nitrogens with zero attached hydrogens (tertiary/aromatic N) is 2. The second-order valence-corrected chi connectivity index (χ2v) is 9.02. The number of rotatable bonds is 6. The van der Waals surface area contributed by atoms with Gasteiger partial charge in [0, 0.05) is 10.0 Å². The fourth-order valence-electron chi connectivity index (χ4n) is 4.44. The van der Waals surface area contributed by atoms with Crippen molar-refractivity contribution in [3.8, 4) is 5.75 Å². The Hall–Kier alpha value is -3.06. The van der Waals surface area contributed by atoms with Gasteiger partial charge in [-0.15, -0.1) is 0 Å². The number of hydrogen-bond donors (Lipinski definition) is 0. The Labute approximate surface area is 207 Å². The highest BCUT2D eigenvalue weighted by Crippen LogP contribution is 2.49. The highest BCUT2D eigenvalue weighted by Gasteiger charge is 2.60. The van der Waals surface area contributed by atoms with Crippen molar-refractivity contribution in [3.05, 3.63) is 88.4 Å². The van der Waals surface area contributed by atoms with Gasteiger partial charge in [-0.3, -0.25) is 14.4 Å². The minimum atomic E-state index is -0.972. The van der Waals surface area contributed by atoms with Crippen molar-refractivity contribution >= 4 is 46.4 Å². The lowest BCUT2D eigenvalue weighted by molar-refractivity contribution is -0.126. The Kier molecular flexibility index (Phi) is 6.21. The van der Waals surface area contributed by atoms with Crippen LogP contribution in [0.15, 0.2) is 72.8 Å². The quantitative estimate of drug-likeness (QED) is 0.401. The smallest absolute Gasteiger partial charge is 0.266 e. The molecule has 2 fully saturated rings. The fraction of sp³-hybridized carbons (Fsp3) is 0.231. The number of carbonyl (C=O) groups excluding carboxylic acids is 2. The van der Waals surface area contributed by atoms with Crippen LogP contribution in [-0.2, 0) is 14.4 Å². The number of anilines is 2. The van der Waals surface area contributed by atoms with Gasteiger partial charge in [0.1, 0.15) is 11.7 Å². The Morgan fingerprint density at radius 1 is 0.912 bits per heavy atom. The summed E-state index contributed by atoms with van der Waals surface area (Å²) < 4.78 is 5.62. The topological polar surface area (TPSA) is 59.1 Å². The van der Waals surface area contributed by atoms with Gasteiger partial charge in [0.05, 0.1) is 24.0 Å². The van der Waals surface area contributed by atoms with Crippen LogP contribution in [0.3, 0.4) is 0 Å². The van der Waals surface area contributed by atoms with Crippen LogP contribution in [0, 0.1) is 5.92 Å². The predicted molar refractivity (Wildman–Crippen MR) is 131 cm³/mol. The molecule has 8 heteroatoms. The van der Waals surface area contributed by atoms with Crippen molar-refractivity contribution in [1.29, 1.82) is 0 Å². The molecule has 0 saturated carbocycles. The number of benzene rings is 3. The van der Waals surface area contributed by atoms with Crippen LogP contribution in [-0.4, -0.2) is 24.5 Å². The first kappa shape index (κ1) is 22.7. The third-order valence-corrected chi connectivity index (χ3v) is 6.54. The van der Waals surface area contributed by atoms with E-state index in [2.05, 4.69) is 0 Å². The number of imide groups is 1. The van der Waals surface area contributed by atoms with Gasteiger partial charge in [-0.05, 0) is 60.5 Å². The van der Waals surface area contributed by atoms with Crippen LogP contribution < -0.4 is 14.7 Å². The molecule has 2 aliphatic heterocycles. The molecule has 3 aromatic carbocycles. The van der Waals surface area contributed by atoms with E-state index in [4.69, 9.17) is 32.8 Å². The Bertz CT molecular complexity index is 1220. The van der Waals surface area contributed by atoms with E-state index in [1.54, 1.807) is 47.5 Å². The molecule has 0 spiro atoms. The standard InChI is InChI=1S/C26H22Cl2N2O4/c1-2-14-33-19-11-9-17(10-12-19)29-25(31)22-23(20-13-8-16(27)15-21(20)28)30(34-24(22)26(29)32)18-6-4-3-5-7-18/h3-13,15,22-24H,2,14H2,1H3/t22-,23+,24+/m1/s1. The summed E-state index contributed by atoms with van der Waals surface area (Å²) in [4.78, 5) is 34.4. The highest BCUT2D eigenvalue weighted by molar-refractivity contribution is 6.35. The molecule has 0 aromatic heterocycles. The second-order valence-electron chi connectivity index (χ2n) is 8.18. The fourth-order valence-corrected chi connectivity index (χ4v) is 4.96. The number of halogens is 2. The Morgan fingerprint density at radius 2 is 1.65 bits per heavy atom. The van der Waals surface area contributed by atoms with Gasteiger partial charge in [-0.1, -0.05) is 54.4 Å². The molecule has 0 N–H and O–H groups in total. The van der Waals surface area contributed by atoms with Crippen LogP contribution in [0.25, 0.3) is 0 Å². The minimum Gasteiger partial charge on any atom is -0.494 e. The van der Waals surface area contributed by atoms with Crippen molar-refractivity contribution in [1.82, 2.24) is 0 Å². The van der Waals surface area contributed by atoms with Gasteiger partial charge in [0.2, 0.25) is 5.91 Å². The molecular weight excluding hydrogens is 475 g/mol. The number of hydroxylamine groups is 1. The van der Waals surface area contributed by atoms with Crippen LogP contribution in [0.2, 0.25) is 10.0 Å². The Morgan fingerprint density at radius 3 is 2.32 bits per heavy atom. The third kappa shape index (κ3) is 3.92. The highest BCUT2D eigenvalue weighted by atomic mass is 35.5. The summed E-state index contributed by atoms with van der Waals surface area (Å²) in [7, 11) is 0. The van der Waals surface area contributed by atoms with Gasteiger partial charge in [-0.25, -0.2) is 9.96 Å². The molecule has 174 valence electrons. The summed E-state index contributed by atoms with van der Waals surface area (Å²) in [5, 5.41) is 2.49. The number of carbonyl (C=O) groups is 2. The van der Waals surface area contributed by atoms with E-state index in [-0.39, 0.29) is 5.91 Å². The molecular formula is C26H22Cl2N2O4. The van der Waals surface area contributed by atoms with E-state index in [1.807, 2.05) is 37.3 Å². The molecule has 6 nitrogen and oxygen atoms in total. The summed E-state index contributed by atoms with van der Waals surface area (Å²) >= 11 is 12.7. The van der Waals surface area contributed by atoms with E-state index in [0.717, 1.165) is 12.1 Å². The van der Waals surface area contributed by atoms with E-state index in [0.29, 0.717) is 33.7 Å². The number of hydrogen-bond acceptors (Lipinski definition) is 5. The monoisotopic (exact) mass is 496 g/mol. The van der Waals surface area contributed by atoms with Crippen molar-refractivity contribution in [2.75, 3.05) is 16.6 Å². The Balaban J connectivity index is 1.52. The van der Waals surface area contributed by atoms with Gasteiger partial charge in [0.25, 0.3) is 5.91 Å². The minimum absolute atomic E-state index is 0.341. The first-order chi connectivity index (χ1) is 16.5. The van der Waals surface area contributed by atoms with Crippen LogP contribution >= 0.6 is 23.2 Å². The normalized spacial score (nSPS) is 21.8. The SMILES string of the molecule is CCCOc1ccc(N2C(=O)[C@H]3[C@H](ON(c4ccccc4)[C@H]3c3ccc(Cl)cc3Cl)C2=O)cc1. The lowest BCUT2D eigenvalue weighted by Gasteiger charge is -2.29. The molecule has 34 heavy (non-hydrogen) atoms. The van der Waals surface area contributed by atoms with E-state index >= 15 is 0 Å². The zero-order valence-electron chi connectivity index (χ0n) is 18.4. The number of para-hydroxylation sites is 1. The van der Waals surface area contributed by atoms with Crippen LogP contribution in [0.1, 0.15) is 24.9 Å². The predicted octanol–water partition coefficient (Wildman–Crippen LogP) is 5.83. The number of fused-ring (bicyclic) bond motifs is 1. The molecule has 2 saturated heterocycles. The van der Waals surface area contributed by atoms with Crippen molar-refractivity contribution in [2.24, 2.45) is 5.92 Å². The molecule has 2 amide bonds. The maximum Gasteiger partial charge on any atom is 0.266 e. The number of ether oxygens (including phenoxy) is 1. The zero-order valence-corrected chi connectivity index (χ0v) is 19.9. The van der Waals surface area contributed by atoms with E-state index in [1.165, 1.54) is 4.90 Å². The average molecular weight is 497 g/mol. The second kappa shape index (κ2) is 9.29. The van der Waals surface area contributed by atoms with Gasteiger partial charge >= 0.3 is 0 Å². The zero-order chi connectivity index (χ0) is 23.8. The molecule has 5 rings (SSSR count). The summed E-state index contributed by atoms with van der Waals surface area (Å²) in [5.74, 6) is -0.845. The summed E-state index contributed by atoms with van der Waals surface area (Å²) in [5.41, 5.74) is 1.86. The van der Waals surface area contributed by atoms with Gasteiger partial charge < -0.3 is 4.74 Å². The maximum atomic E-state index is 13.7. The molecule has 0 radical (unpaired) electrons. The maximum absolute atomic E-state index is 13.7. The summed E-state index contributed by atoms with van der Waals surface area (Å²) in [6.07, 6.45) is -0.0848. The van der Waals surface area contributed by atoms with Crippen LogP contribution in [0.4, 0.5) is 11.4 Å². The number of amides is 2. The largest absolute Gasteiger partial charge is 0.494 e. The summed E-state index contributed by atoms with van der Waals surface area (Å²) in [6, 6.07) is 20.8. The van der Waals surface area contributed by atoms with E-state index < -0.39 is 24.0 Å². The molecule has 3 atom stereocenters. The summed E-state index contributed by atoms with van der Waals surface area (Å²) in [6.45, 7) is 2.62. The van der Waals surface area contributed by atoms with Crippen molar-refractivity contribution in [2.45, 2.75) is 25.5 Å². The van der Waals surface area contributed by atoms with Crippen molar-refractivity contribution in [3.63, 3.8) is 0 Å². The average Bonchev–Trinajstić information content (AvgIpc) is 3.35. The van der Waals surface area contributed by atoms with Crippen LogP contribution in [0.5, 0.6) is 5.75 Å². The van der Waals surface area contributed by atoms with Gasteiger partial charge in [0.15, 0.2) is 6.10 Å². The first-order valence-corrected chi connectivity index (χ1v) is 11.8. The molecule has 0 aliphatic carbocycles. The van der Waals surface area contributed by atoms with Crippen molar-refractivity contribution < 1.29 is 19.2 Å². The third-order valence-electron chi connectivity index (χ3n) is 5.98. The first-order valence-electron chi connectivity index (χ1n) is 11.1.